The number of carbonyl (C=O) groups is 1. The van der Waals surface area contributed by atoms with Crippen LogP contribution in [-0.4, -0.2) is 47.8 Å². The van der Waals surface area contributed by atoms with Gasteiger partial charge in [-0.2, -0.15) is 0 Å². The molecule has 132 valence electrons. The molecule has 5 nitrogen and oxygen atoms in total. The van der Waals surface area contributed by atoms with Gasteiger partial charge in [0, 0.05) is 32.1 Å². The molecule has 1 heterocycles. The Morgan fingerprint density at radius 3 is 2.67 bits per heavy atom. The second-order valence-electron chi connectivity index (χ2n) is 7.53. The first-order valence-electron chi connectivity index (χ1n) is 9.08. The van der Waals surface area contributed by atoms with Crippen LogP contribution in [0.3, 0.4) is 0 Å². The minimum atomic E-state index is -0.541. The highest BCUT2D eigenvalue weighted by molar-refractivity contribution is 5.75. The number of urea groups is 1. The van der Waals surface area contributed by atoms with Gasteiger partial charge in [-0.05, 0) is 29.9 Å². The molecule has 0 bridgehead atoms. The third-order valence-corrected chi connectivity index (χ3v) is 5.04. The zero-order chi connectivity index (χ0) is 17.1. The molecular weight excluding hydrogens is 302 g/mol. The summed E-state index contributed by atoms with van der Waals surface area (Å²) >= 11 is 0. The zero-order valence-electron chi connectivity index (χ0n) is 14.7. The topological polar surface area (TPSA) is 64.6 Å². The van der Waals surface area contributed by atoms with E-state index in [0.29, 0.717) is 12.3 Å². The van der Waals surface area contributed by atoms with E-state index in [1.807, 2.05) is 24.3 Å². The number of fused-ring (bicyclic) bond motifs is 1. The van der Waals surface area contributed by atoms with Crippen LogP contribution < -0.4 is 10.6 Å². The number of aliphatic hydroxyl groups excluding tert-OH is 1. The third-order valence-electron chi connectivity index (χ3n) is 5.04. The number of piperidine rings is 1. The first kappa shape index (κ1) is 17.2. The van der Waals surface area contributed by atoms with Crippen LogP contribution in [0.5, 0.6) is 0 Å². The molecule has 1 aliphatic heterocycles. The summed E-state index contributed by atoms with van der Waals surface area (Å²) in [4.78, 5) is 14.8. The summed E-state index contributed by atoms with van der Waals surface area (Å²) in [6, 6.07) is 7.68. The molecule has 1 saturated heterocycles. The number of amides is 2. The van der Waals surface area contributed by atoms with Crippen molar-refractivity contribution in [1.82, 2.24) is 15.5 Å². The summed E-state index contributed by atoms with van der Waals surface area (Å²) in [7, 11) is 0. The molecule has 2 unspecified atom stereocenters. The number of hydrogen-bond donors (Lipinski definition) is 3. The van der Waals surface area contributed by atoms with E-state index in [4.69, 9.17) is 0 Å². The maximum atomic E-state index is 12.3. The SMILES string of the molecule is CC(C)CN1CCC(NC(=O)NC2c3ccccc3CC2O)CC1. The van der Waals surface area contributed by atoms with Crippen molar-refractivity contribution < 1.29 is 9.90 Å². The Hall–Kier alpha value is -1.59. The Bertz CT molecular complexity index is 567. The van der Waals surface area contributed by atoms with Crippen molar-refractivity contribution in [2.75, 3.05) is 19.6 Å². The van der Waals surface area contributed by atoms with Crippen molar-refractivity contribution in [3.8, 4) is 0 Å². The molecule has 2 aliphatic rings. The summed E-state index contributed by atoms with van der Waals surface area (Å²) in [6.45, 7) is 7.69. The van der Waals surface area contributed by atoms with Crippen LogP contribution in [0.25, 0.3) is 0 Å². The van der Waals surface area contributed by atoms with Gasteiger partial charge in [0.05, 0.1) is 12.1 Å². The molecule has 3 rings (SSSR count). The molecule has 1 fully saturated rings. The normalized spacial score (nSPS) is 24.8. The lowest BCUT2D eigenvalue weighted by Crippen LogP contribution is -2.49. The van der Waals surface area contributed by atoms with Crippen LogP contribution in [0.15, 0.2) is 24.3 Å². The van der Waals surface area contributed by atoms with Crippen LogP contribution in [0.2, 0.25) is 0 Å². The van der Waals surface area contributed by atoms with E-state index >= 15 is 0 Å². The number of nitrogens with one attached hydrogen (secondary N) is 2. The zero-order valence-corrected chi connectivity index (χ0v) is 14.7. The predicted octanol–water partition coefficient (Wildman–Crippen LogP) is 2.06. The second-order valence-corrected chi connectivity index (χ2v) is 7.53. The number of nitrogens with zero attached hydrogens (tertiary/aromatic N) is 1. The number of aliphatic hydroxyl groups is 1. The Labute approximate surface area is 144 Å². The van der Waals surface area contributed by atoms with E-state index in [1.165, 1.54) is 0 Å². The molecule has 3 N–H and O–H groups in total. The standard InChI is InChI=1S/C19H29N3O2/c1-13(2)12-22-9-7-15(8-10-22)20-19(24)21-18-16-6-4-3-5-14(16)11-17(18)23/h3-6,13,15,17-18,23H,7-12H2,1-2H3,(H2,20,21,24). The summed E-state index contributed by atoms with van der Waals surface area (Å²) in [6.07, 6.45) is 2.05. The lowest BCUT2D eigenvalue weighted by Gasteiger charge is -2.33. The van der Waals surface area contributed by atoms with Crippen molar-refractivity contribution >= 4 is 6.03 Å². The van der Waals surface area contributed by atoms with Crippen molar-refractivity contribution in [3.63, 3.8) is 0 Å². The average Bonchev–Trinajstić information content (AvgIpc) is 2.85. The quantitative estimate of drug-likeness (QED) is 0.791. The number of rotatable bonds is 4. The van der Waals surface area contributed by atoms with E-state index in [-0.39, 0.29) is 18.1 Å². The molecule has 2 amide bonds. The first-order chi connectivity index (χ1) is 11.5. The van der Waals surface area contributed by atoms with Gasteiger partial charge in [0.25, 0.3) is 0 Å². The molecule has 1 aromatic carbocycles. The Morgan fingerprint density at radius 1 is 1.25 bits per heavy atom. The van der Waals surface area contributed by atoms with Crippen LogP contribution in [0.4, 0.5) is 4.79 Å². The lowest BCUT2D eigenvalue weighted by molar-refractivity contribution is 0.139. The maximum Gasteiger partial charge on any atom is 0.315 e. The van der Waals surface area contributed by atoms with Crippen LogP contribution in [-0.2, 0) is 6.42 Å². The fourth-order valence-corrected chi connectivity index (χ4v) is 3.89. The van der Waals surface area contributed by atoms with Gasteiger partial charge in [-0.15, -0.1) is 0 Å². The molecule has 0 spiro atoms. The number of benzene rings is 1. The lowest BCUT2D eigenvalue weighted by atomic mass is 10.0. The van der Waals surface area contributed by atoms with Gasteiger partial charge in [-0.1, -0.05) is 38.1 Å². The van der Waals surface area contributed by atoms with E-state index in [2.05, 4.69) is 29.4 Å². The molecule has 2 atom stereocenters. The van der Waals surface area contributed by atoms with E-state index < -0.39 is 6.10 Å². The molecule has 5 heteroatoms. The molecule has 1 aromatic rings. The molecule has 24 heavy (non-hydrogen) atoms. The monoisotopic (exact) mass is 331 g/mol. The molecule has 1 aliphatic carbocycles. The van der Waals surface area contributed by atoms with Gasteiger partial charge in [-0.3, -0.25) is 0 Å². The van der Waals surface area contributed by atoms with E-state index in [1.54, 1.807) is 0 Å². The molecule has 0 aromatic heterocycles. The van der Waals surface area contributed by atoms with E-state index in [0.717, 1.165) is 43.6 Å². The number of likely N-dealkylation sites (tertiary alicyclic amines) is 1. The van der Waals surface area contributed by atoms with Gasteiger partial charge in [0.2, 0.25) is 0 Å². The summed E-state index contributed by atoms with van der Waals surface area (Å²) < 4.78 is 0. The highest BCUT2D eigenvalue weighted by Gasteiger charge is 2.32. The number of carbonyl (C=O) groups excluding carboxylic acids is 1. The van der Waals surface area contributed by atoms with Crippen molar-refractivity contribution in [2.45, 2.75) is 51.3 Å². The van der Waals surface area contributed by atoms with E-state index in [9.17, 15) is 9.90 Å². The Balaban J connectivity index is 1.49. The van der Waals surface area contributed by atoms with Crippen LogP contribution in [0.1, 0.15) is 43.9 Å². The van der Waals surface area contributed by atoms with Crippen LogP contribution >= 0.6 is 0 Å². The summed E-state index contributed by atoms with van der Waals surface area (Å²) in [5, 5.41) is 16.3. The van der Waals surface area contributed by atoms with Crippen molar-refractivity contribution in [2.24, 2.45) is 5.92 Å². The number of hydrogen-bond acceptors (Lipinski definition) is 3. The molecule has 0 saturated carbocycles. The van der Waals surface area contributed by atoms with Crippen molar-refractivity contribution in [1.29, 1.82) is 0 Å². The summed E-state index contributed by atoms with van der Waals surface area (Å²) in [5.74, 6) is 0.682. The summed E-state index contributed by atoms with van der Waals surface area (Å²) in [5.41, 5.74) is 2.16. The van der Waals surface area contributed by atoms with Gasteiger partial charge < -0.3 is 20.6 Å². The fraction of sp³-hybridized carbons (Fsp3) is 0.632. The Kier molecular flexibility index (Phi) is 5.41. The maximum absolute atomic E-state index is 12.3. The third kappa shape index (κ3) is 4.08. The van der Waals surface area contributed by atoms with Gasteiger partial charge in [-0.25, -0.2) is 4.79 Å². The largest absolute Gasteiger partial charge is 0.390 e. The highest BCUT2D eigenvalue weighted by atomic mass is 16.3. The Morgan fingerprint density at radius 2 is 1.96 bits per heavy atom. The van der Waals surface area contributed by atoms with Crippen LogP contribution in [0, 0.1) is 5.92 Å². The highest BCUT2D eigenvalue weighted by Crippen LogP contribution is 2.31. The predicted molar refractivity (Wildman–Crippen MR) is 94.9 cm³/mol. The smallest absolute Gasteiger partial charge is 0.315 e. The minimum absolute atomic E-state index is 0.168. The van der Waals surface area contributed by atoms with Gasteiger partial charge in [0.1, 0.15) is 0 Å². The molecule has 0 radical (unpaired) electrons. The minimum Gasteiger partial charge on any atom is -0.390 e. The van der Waals surface area contributed by atoms with Gasteiger partial charge in [0.15, 0.2) is 0 Å². The second kappa shape index (κ2) is 7.53. The average molecular weight is 331 g/mol. The molecular formula is C19H29N3O2. The van der Waals surface area contributed by atoms with Gasteiger partial charge >= 0.3 is 6.03 Å². The first-order valence-corrected chi connectivity index (χ1v) is 9.08. The fourth-order valence-electron chi connectivity index (χ4n) is 3.89. The van der Waals surface area contributed by atoms with Crippen molar-refractivity contribution in [3.05, 3.63) is 35.4 Å².